The van der Waals surface area contributed by atoms with Gasteiger partial charge in [0.2, 0.25) is 12.7 Å². The van der Waals surface area contributed by atoms with E-state index in [2.05, 4.69) is 5.32 Å². The summed E-state index contributed by atoms with van der Waals surface area (Å²) in [5.41, 5.74) is 1.81. The van der Waals surface area contributed by atoms with Crippen LogP contribution in [0.1, 0.15) is 18.4 Å². The Bertz CT molecular complexity index is 1150. The monoisotopic (exact) mass is 464 g/mol. The summed E-state index contributed by atoms with van der Waals surface area (Å²) >= 11 is 6.23. The molecule has 0 aliphatic carbocycles. The van der Waals surface area contributed by atoms with Gasteiger partial charge in [0, 0.05) is 30.0 Å². The van der Waals surface area contributed by atoms with Gasteiger partial charge in [-0.1, -0.05) is 17.7 Å². The predicted molar refractivity (Wildman–Crippen MR) is 124 cm³/mol. The van der Waals surface area contributed by atoms with Crippen molar-refractivity contribution in [2.45, 2.75) is 19.4 Å². The molecule has 8 nitrogen and oxygen atoms in total. The third-order valence-electron chi connectivity index (χ3n) is 5.67. The van der Waals surface area contributed by atoms with E-state index in [1.54, 1.807) is 6.07 Å². The number of hydrogen-bond acceptors (Lipinski definition) is 7. The van der Waals surface area contributed by atoms with Crippen LogP contribution < -0.4 is 19.7 Å². The SMILES string of the molecule is O=C(O)C1CCN(c2nc(NCc3ccc4c(c3)OCO4)c3cc(Cl)ccc3n2)CC1.[NaH]. The molecule has 2 N–H and O–H groups in total. The number of hydrogen-bond donors (Lipinski definition) is 2. The molecule has 32 heavy (non-hydrogen) atoms. The molecule has 0 unspecified atom stereocenters. The van der Waals surface area contributed by atoms with Crippen LogP contribution >= 0.6 is 11.6 Å². The van der Waals surface area contributed by atoms with Gasteiger partial charge in [0.15, 0.2) is 11.5 Å². The average molecular weight is 465 g/mol. The number of aliphatic carboxylic acids is 1. The minimum atomic E-state index is -0.736. The molecule has 0 radical (unpaired) electrons. The van der Waals surface area contributed by atoms with Gasteiger partial charge in [-0.15, -0.1) is 0 Å². The third-order valence-corrected chi connectivity index (χ3v) is 5.91. The number of nitrogens with one attached hydrogen (secondary N) is 1. The zero-order valence-corrected chi connectivity index (χ0v) is 17.4. The van der Waals surface area contributed by atoms with Crippen molar-refractivity contribution in [3.05, 3.63) is 47.0 Å². The van der Waals surface area contributed by atoms with Crippen molar-refractivity contribution in [3.8, 4) is 11.5 Å². The second-order valence-electron chi connectivity index (χ2n) is 7.67. The van der Waals surface area contributed by atoms with Crippen LogP contribution in [0.3, 0.4) is 0 Å². The molecule has 162 valence electrons. The van der Waals surface area contributed by atoms with Crippen molar-refractivity contribution in [2.75, 3.05) is 30.1 Å². The molecule has 2 aliphatic rings. The van der Waals surface area contributed by atoms with Gasteiger partial charge in [0.1, 0.15) is 5.82 Å². The van der Waals surface area contributed by atoms with E-state index in [4.69, 9.17) is 31.0 Å². The fourth-order valence-corrected chi connectivity index (χ4v) is 4.10. The standard InChI is InChI=1S/C22H21ClN4O4.Na.H/c23-15-2-3-17-16(10-15)20(24-11-13-1-4-18-19(9-13)31-12-30-18)26-22(25-17)27-7-5-14(6-8-27)21(28)29;;/h1-4,9-10,14H,5-8,11-12H2,(H,28,29)(H,24,25,26);;. The van der Waals surface area contributed by atoms with Gasteiger partial charge in [0.25, 0.3) is 0 Å². The van der Waals surface area contributed by atoms with E-state index in [1.165, 1.54) is 0 Å². The van der Waals surface area contributed by atoms with E-state index in [-0.39, 0.29) is 42.3 Å². The summed E-state index contributed by atoms with van der Waals surface area (Å²) in [6.07, 6.45) is 1.16. The topological polar surface area (TPSA) is 96.8 Å². The zero-order chi connectivity index (χ0) is 21.4. The number of ether oxygens (including phenoxy) is 2. The third kappa shape index (κ3) is 4.73. The van der Waals surface area contributed by atoms with E-state index in [0.717, 1.165) is 28.0 Å². The number of carboxylic acid groups (broad SMARTS) is 1. The number of carbonyl (C=O) groups is 1. The first-order chi connectivity index (χ1) is 15.1. The molecule has 2 aromatic carbocycles. The second-order valence-corrected chi connectivity index (χ2v) is 8.11. The Balaban J connectivity index is 0.00000245. The Morgan fingerprint density at radius 2 is 1.91 bits per heavy atom. The first kappa shape index (κ1) is 22.9. The Kier molecular flexibility index (Phi) is 6.95. The maximum atomic E-state index is 11.3. The van der Waals surface area contributed by atoms with Crippen LogP contribution in [0.4, 0.5) is 11.8 Å². The van der Waals surface area contributed by atoms with Crippen LogP contribution in [0.25, 0.3) is 10.9 Å². The van der Waals surface area contributed by atoms with Crippen LogP contribution in [0.2, 0.25) is 5.02 Å². The van der Waals surface area contributed by atoms with Crippen LogP contribution in [0, 0.1) is 5.92 Å². The second kappa shape index (κ2) is 9.70. The van der Waals surface area contributed by atoms with E-state index in [9.17, 15) is 9.90 Å². The van der Waals surface area contributed by atoms with Gasteiger partial charge in [-0.3, -0.25) is 4.79 Å². The van der Waals surface area contributed by atoms with Crippen molar-refractivity contribution in [1.29, 1.82) is 0 Å². The molecule has 0 atom stereocenters. The Morgan fingerprint density at radius 1 is 1.12 bits per heavy atom. The molecule has 1 fully saturated rings. The molecule has 1 saturated heterocycles. The molecule has 2 aliphatic heterocycles. The van der Waals surface area contributed by atoms with E-state index in [1.807, 2.05) is 35.2 Å². The molecule has 0 bridgehead atoms. The number of aromatic nitrogens is 2. The molecule has 0 saturated carbocycles. The summed E-state index contributed by atoms with van der Waals surface area (Å²) in [7, 11) is 0. The fraction of sp³-hybridized carbons (Fsp3) is 0.318. The van der Waals surface area contributed by atoms with Gasteiger partial charge < -0.3 is 24.8 Å². The molecular formula is C22H22ClN4NaO4. The first-order valence-electron chi connectivity index (χ1n) is 10.1. The minimum absolute atomic E-state index is 0. The van der Waals surface area contributed by atoms with Gasteiger partial charge in [-0.2, -0.15) is 4.98 Å². The number of anilines is 2. The van der Waals surface area contributed by atoms with E-state index >= 15 is 0 Å². The van der Waals surface area contributed by atoms with Crippen LogP contribution in [0.15, 0.2) is 36.4 Å². The number of fused-ring (bicyclic) bond motifs is 2. The Morgan fingerprint density at radius 3 is 2.69 bits per heavy atom. The number of rotatable bonds is 5. The van der Waals surface area contributed by atoms with Gasteiger partial charge >= 0.3 is 35.5 Å². The quantitative estimate of drug-likeness (QED) is 0.555. The zero-order valence-electron chi connectivity index (χ0n) is 16.7. The maximum absolute atomic E-state index is 11.3. The van der Waals surface area contributed by atoms with Crippen LogP contribution in [-0.2, 0) is 11.3 Å². The number of carboxylic acids is 1. The molecule has 1 aromatic heterocycles. The molecular weight excluding hydrogens is 443 g/mol. The summed E-state index contributed by atoms with van der Waals surface area (Å²) < 4.78 is 10.8. The Hall–Kier alpha value is -2.26. The summed E-state index contributed by atoms with van der Waals surface area (Å²) in [5, 5.41) is 14.1. The first-order valence-corrected chi connectivity index (χ1v) is 10.5. The molecule has 3 heterocycles. The van der Waals surface area contributed by atoms with Crippen molar-refractivity contribution in [2.24, 2.45) is 5.92 Å². The Labute approximate surface area is 212 Å². The van der Waals surface area contributed by atoms with Crippen molar-refractivity contribution >= 4 is 69.8 Å². The fourth-order valence-electron chi connectivity index (χ4n) is 3.93. The molecule has 3 aromatic rings. The van der Waals surface area contributed by atoms with Gasteiger partial charge in [-0.05, 0) is 48.7 Å². The number of piperidine rings is 1. The summed E-state index contributed by atoms with van der Waals surface area (Å²) in [5.74, 6) is 1.71. The van der Waals surface area contributed by atoms with Gasteiger partial charge in [0.05, 0.1) is 11.4 Å². The molecule has 0 amide bonds. The normalized spacial score (nSPS) is 15.5. The van der Waals surface area contributed by atoms with Crippen LogP contribution in [0.5, 0.6) is 11.5 Å². The predicted octanol–water partition coefficient (Wildman–Crippen LogP) is 3.28. The number of benzene rings is 2. The van der Waals surface area contributed by atoms with Crippen molar-refractivity contribution in [3.63, 3.8) is 0 Å². The van der Waals surface area contributed by atoms with Crippen LogP contribution in [-0.4, -0.2) is 70.5 Å². The van der Waals surface area contributed by atoms with E-state index < -0.39 is 5.97 Å². The molecule has 10 heteroatoms. The van der Waals surface area contributed by atoms with Crippen molar-refractivity contribution < 1.29 is 19.4 Å². The molecule has 0 spiro atoms. The summed E-state index contributed by atoms with van der Waals surface area (Å²) in [6.45, 7) is 1.99. The molecule has 5 rings (SSSR count). The number of nitrogens with zero attached hydrogens (tertiary/aromatic N) is 3. The average Bonchev–Trinajstić information content (AvgIpc) is 3.25. The van der Waals surface area contributed by atoms with Crippen molar-refractivity contribution in [1.82, 2.24) is 9.97 Å². The summed E-state index contributed by atoms with van der Waals surface area (Å²) in [6, 6.07) is 11.3. The van der Waals surface area contributed by atoms with Gasteiger partial charge in [-0.25, -0.2) is 4.98 Å². The summed E-state index contributed by atoms with van der Waals surface area (Å²) in [4.78, 5) is 22.8. The van der Waals surface area contributed by atoms with E-state index in [0.29, 0.717) is 49.3 Å². The number of halogens is 1.